The molecule has 116 valence electrons. The van der Waals surface area contributed by atoms with E-state index in [4.69, 9.17) is 0 Å². The molecule has 0 fully saturated rings. The number of hydrogen-bond donors (Lipinski definition) is 2. The van der Waals surface area contributed by atoms with E-state index in [1.54, 1.807) is 23.1 Å². The van der Waals surface area contributed by atoms with Crippen LogP contribution in [0.2, 0.25) is 0 Å². The molecular weight excluding hydrogens is 290 g/mol. The summed E-state index contributed by atoms with van der Waals surface area (Å²) in [5.41, 5.74) is 1.74. The third-order valence-electron chi connectivity index (χ3n) is 3.65. The molecule has 0 aromatic heterocycles. The molecule has 1 aliphatic heterocycles. The second kappa shape index (κ2) is 6.55. The van der Waals surface area contributed by atoms with E-state index < -0.39 is 10.0 Å². The number of amides is 1. The van der Waals surface area contributed by atoms with Gasteiger partial charge in [-0.05, 0) is 51.2 Å². The van der Waals surface area contributed by atoms with Crippen LogP contribution in [0.25, 0.3) is 0 Å². The first-order valence-electron chi connectivity index (χ1n) is 7.01. The average Bonchev–Trinajstić information content (AvgIpc) is 2.90. The highest BCUT2D eigenvalue weighted by atomic mass is 32.2. The number of carbonyl (C=O) groups excluding carboxylic acids is 1. The number of fused-ring (bicyclic) bond motifs is 1. The molecule has 2 N–H and O–H groups in total. The van der Waals surface area contributed by atoms with Gasteiger partial charge in [-0.25, -0.2) is 13.1 Å². The standard InChI is InChI=1S/C14H21N3O3S/c1-15-8-3-4-14(18)17-9-7-11-5-6-12(10-13(11)17)21(19,20)16-2/h5-6,10,15-16H,3-4,7-9H2,1-2H3. The largest absolute Gasteiger partial charge is 0.320 e. The second-order valence-electron chi connectivity index (χ2n) is 5.00. The summed E-state index contributed by atoms with van der Waals surface area (Å²) in [5.74, 6) is 0.0444. The van der Waals surface area contributed by atoms with Crippen LogP contribution in [-0.4, -0.2) is 41.5 Å². The molecule has 0 unspecified atom stereocenters. The molecule has 0 atom stereocenters. The molecule has 21 heavy (non-hydrogen) atoms. The van der Waals surface area contributed by atoms with Gasteiger partial charge in [0.2, 0.25) is 15.9 Å². The lowest BCUT2D eigenvalue weighted by atomic mass is 10.2. The highest BCUT2D eigenvalue weighted by molar-refractivity contribution is 7.89. The van der Waals surface area contributed by atoms with Crippen molar-refractivity contribution in [2.75, 3.05) is 32.1 Å². The minimum absolute atomic E-state index is 0.0444. The van der Waals surface area contributed by atoms with Gasteiger partial charge in [-0.2, -0.15) is 0 Å². The summed E-state index contributed by atoms with van der Waals surface area (Å²) in [7, 11) is -0.258. The molecule has 6 nitrogen and oxygen atoms in total. The topological polar surface area (TPSA) is 78.5 Å². The Labute approximate surface area is 125 Å². The molecule has 1 heterocycles. The van der Waals surface area contributed by atoms with Crippen LogP contribution in [0.1, 0.15) is 18.4 Å². The van der Waals surface area contributed by atoms with E-state index in [-0.39, 0.29) is 10.8 Å². The highest BCUT2D eigenvalue weighted by Gasteiger charge is 2.26. The van der Waals surface area contributed by atoms with Crippen molar-refractivity contribution in [3.8, 4) is 0 Å². The summed E-state index contributed by atoms with van der Waals surface area (Å²) in [6, 6.07) is 4.96. The Balaban J connectivity index is 2.22. The van der Waals surface area contributed by atoms with Crippen molar-refractivity contribution in [2.24, 2.45) is 0 Å². The van der Waals surface area contributed by atoms with Gasteiger partial charge in [0.05, 0.1) is 4.90 Å². The van der Waals surface area contributed by atoms with Gasteiger partial charge in [0.25, 0.3) is 0 Å². The van der Waals surface area contributed by atoms with E-state index in [1.165, 1.54) is 7.05 Å². The number of sulfonamides is 1. The number of rotatable bonds is 6. The van der Waals surface area contributed by atoms with E-state index in [0.29, 0.717) is 13.0 Å². The van der Waals surface area contributed by atoms with Crippen LogP contribution in [-0.2, 0) is 21.2 Å². The second-order valence-corrected chi connectivity index (χ2v) is 6.89. The van der Waals surface area contributed by atoms with Crippen LogP contribution in [0, 0.1) is 0 Å². The van der Waals surface area contributed by atoms with E-state index in [1.807, 2.05) is 7.05 Å². The molecule has 1 aromatic rings. The lowest BCUT2D eigenvalue weighted by Crippen LogP contribution is -2.29. The van der Waals surface area contributed by atoms with Crippen molar-refractivity contribution in [3.05, 3.63) is 23.8 Å². The molecule has 0 spiro atoms. The Bertz CT molecular complexity index is 628. The SMILES string of the molecule is CNCCCC(=O)N1CCc2ccc(S(=O)(=O)NC)cc21. The van der Waals surface area contributed by atoms with Crippen molar-refractivity contribution in [2.45, 2.75) is 24.2 Å². The number of nitrogens with one attached hydrogen (secondary N) is 2. The van der Waals surface area contributed by atoms with Gasteiger partial charge in [-0.1, -0.05) is 6.07 Å². The molecule has 0 radical (unpaired) electrons. The lowest BCUT2D eigenvalue weighted by molar-refractivity contribution is -0.118. The van der Waals surface area contributed by atoms with Crippen LogP contribution in [0.15, 0.2) is 23.1 Å². The van der Waals surface area contributed by atoms with E-state index in [9.17, 15) is 13.2 Å². The zero-order valence-electron chi connectivity index (χ0n) is 12.3. The van der Waals surface area contributed by atoms with Crippen LogP contribution >= 0.6 is 0 Å². The number of benzene rings is 1. The maximum Gasteiger partial charge on any atom is 0.240 e. The molecule has 1 amide bonds. The van der Waals surface area contributed by atoms with Crippen LogP contribution in [0.3, 0.4) is 0 Å². The summed E-state index contributed by atoms with van der Waals surface area (Å²) in [5, 5.41) is 3.01. The Morgan fingerprint density at radius 1 is 1.33 bits per heavy atom. The minimum atomic E-state index is -3.49. The number of nitrogens with zero attached hydrogens (tertiary/aromatic N) is 1. The average molecular weight is 311 g/mol. The van der Waals surface area contributed by atoms with Crippen LogP contribution in [0.5, 0.6) is 0 Å². The fourth-order valence-corrected chi connectivity index (χ4v) is 3.20. The molecule has 7 heteroatoms. The predicted octanol–water partition coefficient (Wildman–Crippen LogP) is 0.483. The quantitative estimate of drug-likeness (QED) is 0.749. The minimum Gasteiger partial charge on any atom is -0.320 e. The molecule has 2 rings (SSSR count). The van der Waals surface area contributed by atoms with Gasteiger partial charge < -0.3 is 10.2 Å². The van der Waals surface area contributed by atoms with Crippen molar-refractivity contribution in [1.82, 2.24) is 10.0 Å². The zero-order chi connectivity index (χ0) is 15.5. The van der Waals surface area contributed by atoms with Crippen molar-refractivity contribution in [3.63, 3.8) is 0 Å². The van der Waals surface area contributed by atoms with E-state index >= 15 is 0 Å². The summed E-state index contributed by atoms with van der Waals surface area (Å²) < 4.78 is 26.0. The van der Waals surface area contributed by atoms with Gasteiger partial charge in [-0.15, -0.1) is 0 Å². The molecule has 1 aromatic carbocycles. The molecule has 0 saturated heterocycles. The molecule has 0 bridgehead atoms. The molecule has 0 aliphatic carbocycles. The number of hydrogen-bond acceptors (Lipinski definition) is 4. The summed E-state index contributed by atoms with van der Waals surface area (Å²) >= 11 is 0. The normalized spacial score (nSPS) is 14.3. The van der Waals surface area contributed by atoms with Gasteiger partial charge >= 0.3 is 0 Å². The van der Waals surface area contributed by atoms with Gasteiger partial charge in [0, 0.05) is 18.7 Å². The van der Waals surface area contributed by atoms with Gasteiger partial charge in [0.15, 0.2) is 0 Å². The summed E-state index contributed by atoms with van der Waals surface area (Å²) in [4.78, 5) is 14.1. The third-order valence-corrected chi connectivity index (χ3v) is 5.06. The smallest absolute Gasteiger partial charge is 0.240 e. The molecular formula is C14H21N3O3S. The van der Waals surface area contributed by atoms with Gasteiger partial charge in [-0.3, -0.25) is 4.79 Å². The van der Waals surface area contributed by atoms with Crippen LogP contribution < -0.4 is 14.9 Å². The Morgan fingerprint density at radius 3 is 2.76 bits per heavy atom. The first-order chi connectivity index (χ1) is 9.99. The third kappa shape index (κ3) is 3.42. The summed E-state index contributed by atoms with van der Waals surface area (Å²) in [6.07, 6.45) is 2.01. The van der Waals surface area contributed by atoms with Crippen molar-refractivity contribution < 1.29 is 13.2 Å². The Morgan fingerprint density at radius 2 is 2.10 bits per heavy atom. The zero-order valence-corrected chi connectivity index (χ0v) is 13.2. The lowest BCUT2D eigenvalue weighted by Gasteiger charge is -2.18. The molecule has 0 saturated carbocycles. The monoisotopic (exact) mass is 311 g/mol. The summed E-state index contributed by atoms with van der Waals surface area (Å²) in [6.45, 7) is 1.41. The maximum atomic E-state index is 12.2. The number of anilines is 1. The molecule has 1 aliphatic rings. The van der Waals surface area contributed by atoms with Crippen LogP contribution in [0.4, 0.5) is 5.69 Å². The predicted molar refractivity (Wildman–Crippen MR) is 81.9 cm³/mol. The number of carbonyl (C=O) groups is 1. The maximum absolute atomic E-state index is 12.2. The Kier molecular flexibility index (Phi) is 4.97. The highest BCUT2D eigenvalue weighted by Crippen LogP contribution is 2.31. The first-order valence-corrected chi connectivity index (χ1v) is 8.49. The first kappa shape index (κ1) is 15.9. The van der Waals surface area contributed by atoms with Crippen molar-refractivity contribution in [1.29, 1.82) is 0 Å². The fraction of sp³-hybridized carbons (Fsp3) is 0.500. The Hall–Kier alpha value is -1.44. The fourth-order valence-electron chi connectivity index (χ4n) is 2.45. The van der Waals surface area contributed by atoms with E-state index in [2.05, 4.69) is 10.0 Å². The van der Waals surface area contributed by atoms with Crippen molar-refractivity contribution >= 4 is 21.6 Å². The van der Waals surface area contributed by atoms with Gasteiger partial charge in [0.1, 0.15) is 0 Å². The van der Waals surface area contributed by atoms with E-state index in [0.717, 1.165) is 30.6 Å².